The molecule has 0 saturated carbocycles. The summed E-state index contributed by atoms with van der Waals surface area (Å²) in [5.41, 5.74) is 2.54. The number of nitrogens with zero attached hydrogens (tertiary/aromatic N) is 1. The molecule has 1 amide bonds. The summed E-state index contributed by atoms with van der Waals surface area (Å²) in [6, 6.07) is 17.9. The monoisotopic (exact) mass is 467 g/mol. The van der Waals surface area contributed by atoms with Crippen molar-refractivity contribution in [2.75, 3.05) is 34.5 Å². The molecule has 0 spiro atoms. The van der Waals surface area contributed by atoms with E-state index in [1.165, 1.54) is 0 Å². The van der Waals surface area contributed by atoms with Crippen LogP contribution in [0.25, 0.3) is 0 Å². The van der Waals surface area contributed by atoms with E-state index in [0.717, 1.165) is 16.9 Å². The molecule has 33 heavy (non-hydrogen) atoms. The minimum Gasteiger partial charge on any atom is -0.497 e. The van der Waals surface area contributed by atoms with Crippen molar-refractivity contribution >= 4 is 17.5 Å². The molecule has 0 fully saturated rings. The number of hydrogen-bond acceptors (Lipinski definition) is 5. The highest BCUT2D eigenvalue weighted by Gasteiger charge is 2.34. The second kappa shape index (κ2) is 10.0. The van der Waals surface area contributed by atoms with Gasteiger partial charge in [0.2, 0.25) is 0 Å². The lowest BCUT2D eigenvalue weighted by Gasteiger charge is -2.38. The zero-order valence-electron chi connectivity index (χ0n) is 18.8. The molecule has 1 atom stereocenters. The van der Waals surface area contributed by atoms with Crippen LogP contribution in [-0.4, -0.2) is 45.3 Å². The zero-order valence-corrected chi connectivity index (χ0v) is 19.6. The van der Waals surface area contributed by atoms with E-state index in [9.17, 15) is 4.79 Å². The van der Waals surface area contributed by atoms with Gasteiger partial charge in [-0.25, -0.2) is 0 Å². The van der Waals surface area contributed by atoms with Crippen LogP contribution in [-0.2, 0) is 6.42 Å². The number of carbonyl (C=O) groups is 1. The topological polar surface area (TPSA) is 57.2 Å². The van der Waals surface area contributed by atoms with Gasteiger partial charge < -0.3 is 23.8 Å². The Morgan fingerprint density at radius 2 is 1.73 bits per heavy atom. The summed E-state index contributed by atoms with van der Waals surface area (Å²) < 4.78 is 22.5. The summed E-state index contributed by atoms with van der Waals surface area (Å²) in [6.07, 6.45) is 0.640. The first-order valence-electron chi connectivity index (χ1n) is 10.6. The Labute approximate surface area is 198 Å². The van der Waals surface area contributed by atoms with Crippen LogP contribution < -0.4 is 18.9 Å². The largest absolute Gasteiger partial charge is 0.497 e. The Hall–Kier alpha value is -3.38. The number of carbonyl (C=O) groups excluding carboxylic acids is 1. The third kappa shape index (κ3) is 4.71. The van der Waals surface area contributed by atoms with Gasteiger partial charge in [-0.15, -0.1) is 0 Å². The first-order chi connectivity index (χ1) is 16.0. The lowest BCUT2D eigenvalue weighted by atomic mass is 9.91. The second-order valence-corrected chi connectivity index (χ2v) is 8.07. The fourth-order valence-corrected chi connectivity index (χ4v) is 4.38. The summed E-state index contributed by atoms with van der Waals surface area (Å²) in [5, 5.41) is 0.524. The van der Waals surface area contributed by atoms with Gasteiger partial charge in [0.15, 0.2) is 11.5 Å². The first kappa shape index (κ1) is 22.8. The van der Waals surface area contributed by atoms with Gasteiger partial charge in [-0.3, -0.25) is 4.79 Å². The normalized spacial score (nSPS) is 14.9. The van der Waals surface area contributed by atoms with Crippen molar-refractivity contribution in [3.8, 4) is 23.0 Å². The number of fused-ring (bicyclic) bond motifs is 1. The van der Waals surface area contributed by atoms with Crippen LogP contribution in [0.3, 0.4) is 0 Å². The molecule has 1 unspecified atom stereocenters. The quantitative estimate of drug-likeness (QED) is 0.479. The highest BCUT2D eigenvalue weighted by molar-refractivity contribution is 6.30. The van der Waals surface area contributed by atoms with E-state index in [1.807, 2.05) is 41.3 Å². The maximum Gasteiger partial charge on any atom is 0.254 e. The molecule has 0 saturated heterocycles. The lowest BCUT2D eigenvalue weighted by molar-refractivity contribution is 0.0588. The molecule has 3 aromatic carbocycles. The van der Waals surface area contributed by atoms with Crippen LogP contribution in [0.2, 0.25) is 5.02 Å². The molecular weight excluding hydrogens is 442 g/mol. The van der Waals surface area contributed by atoms with Gasteiger partial charge in [-0.1, -0.05) is 23.7 Å². The molecule has 6 nitrogen and oxygen atoms in total. The number of amides is 1. The molecule has 172 valence electrons. The molecule has 1 heterocycles. The number of rotatable bonds is 7. The minimum atomic E-state index is -0.317. The van der Waals surface area contributed by atoms with Crippen molar-refractivity contribution in [1.29, 1.82) is 0 Å². The Bertz CT molecular complexity index is 1130. The van der Waals surface area contributed by atoms with Crippen LogP contribution in [0.1, 0.15) is 27.5 Å². The number of halogens is 1. The number of benzene rings is 3. The highest BCUT2D eigenvalue weighted by Crippen LogP contribution is 2.41. The van der Waals surface area contributed by atoms with Gasteiger partial charge in [-0.05, 0) is 60.5 Å². The summed E-state index contributed by atoms with van der Waals surface area (Å²) in [7, 11) is 4.87. The van der Waals surface area contributed by atoms with Crippen LogP contribution in [0.4, 0.5) is 0 Å². The number of ether oxygens (including phenoxy) is 4. The maximum absolute atomic E-state index is 13.5. The van der Waals surface area contributed by atoms with Crippen molar-refractivity contribution in [3.05, 3.63) is 82.4 Å². The van der Waals surface area contributed by atoms with Gasteiger partial charge in [0, 0.05) is 22.7 Å². The van der Waals surface area contributed by atoms with E-state index in [-0.39, 0.29) is 18.6 Å². The van der Waals surface area contributed by atoms with E-state index in [0.29, 0.717) is 40.8 Å². The van der Waals surface area contributed by atoms with Crippen molar-refractivity contribution in [1.82, 2.24) is 4.90 Å². The molecule has 0 N–H and O–H groups in total. The zero-order chi connectivity index (χ0) is 23.4. The maximum atomic E-state index is 13.5. The predicted molar refractivity (Wildman–Crippen MR) is 127 cm³/mol. The summed E-state index contributed by atoms with van der Waals surface area (Å²) in [6.45, 7) is 0.791. The fourth-order valence-electron chi connectivity index (χ4n) is 4.19. The van der Waals surface area contributed by atoms with Crippen molar-refractivity contribution in [3.63, 3.8) is 0 Å². The Balaban J connectivity index is 1.69. The third-order valence-electron chi connectivity index (χ3n) is 5.82. The Morgan fingerprint density at radius 3 is 2.39 bits per heavy atom. The van der Waals surface area contributed by atoms with Crippen LogP contribution in [0.15, 0.2) is 60.7 Å². The van der Waals surface area contributed by atoms with E-state index in [1.54, 1.807) is 45.6 Å². The molecule has 0 radical (unpaired) electrons. The van der Waals surface area contributed by atoms with E-state index < -0.39 is 0 Å². The number of methoxy groups -OCH3 is 3. The van der Waals surface area contributed by atoms with E-state index in [2.05, 4.69) is 0 Å². The van der Waals surface area contributed by atoms with Crippen LogP contribution >= 0.6 is 11.6 Å². The van der Waals surface area contributed by atoms with Crippen molar-refractivity contribution < 1.29 is 23.7 Å². The van der Waals surface area contributed by atoms with Gasteiger partial charge >= 0.3 is 0 Å². The molecule has 0 aliphatic carbocycles. The van der Waals surface area contributed by atoms with E-state index >= 15 is 0 Å². The number of hydrogen-bond donors (Lipinski definition) is 0. The molecule has 1 aliphatic rings. The second-order valence-electron chi connectivity index (χ2n) is 7.63. The predicted octanol–water partition coefficient (Wildman–Crippen LogP) is 5.18. The lowest BCUT2D eigenvalue weighted by Crippen LogP contribution is -2.42. The van der Waals surface area contributed by atoms with Gasteiger partial charge in [0.05, 0.1) is 27.4 Å². The first-order valence-corrected chi connectivity index (χ1v) is 11.0. The molecule has 3 aromatic rings. The third-order valence-corrected chi connectivity index (χ3v) is 6.06. The molecule has 4 rings (SSSR count). The fraction of sp³-hybridized carbons (Fsp3) is 0.269. The van der Waals surface area contributed by atoms with Gasteiger partial charge in [0.25, 0.3) is 5.91 Å². The van der Waals surface area contributed by atoms with Crippen molar-refractivity contribution in [2.45, 2.75) is 12.5 Å². The standard InChI is InChI=1S/C26H26ClNO5/c1-30-19-7-9-20(10-8-19)33-16-23-21-11-12-24(31-2)25(32-3)22(21)13-14-28(23)26(29)17-5-4-6-18(27)15-17/h4-12,15,23H,13-14,16H2,1-3H3. The average Bonchev–Trinajstić information content (AvgIpc) is 2.86. The summed E-state index contributed by atoms with van der Waals surface area (Å²) in [4.78, 5) is 15.3. The van der Waals surface area contributed by atoms with Crippen LogP contribution in [0, 0.1) is 0 Å². The Morgan fingerprint density at radius 1 is 0.970 bits per heavy atom. The SMILES string of the molecule is COc1ccc(OCC2c3ccc(OC)c(OC)c3CCN2C(=O)c2cccc(Cl)c2)cc1. The molecule has 7 heteroatoms. The smallest absolute Gasteiger partial charge is 0.254 e. The van der Waals surface area contributed by atoms with Gasteiger partial charge in [0.1, 0.15) is 18.1 Å². The minimum absolute atomic E-state index is 0.0961. The molecular formula is C26H26ClNO5. The summed E-state index contributed by atoms with van der Waals surface area (Å²) >= 11 is 6.15. The Kier molecular flexibility index (Phi) is 6.94. The molecule has 1 aliphatic heterocycles. The highest BCUT2D eigenvalue weighted by atomic mass is 35.5. The van der Waals surface area contributed by atoms with E-state index in [4.69, 9.17) is 30.5 Å². The average molecular weight is 468 g/mol. The van der Waals surface area contributed by atoms with Crippen molar-refractivity contribution in [2.24, 2.45) is 0 Å². The summed E-state index contributed by atoms with van der Waals surface area (Å²) in [5.74, 6) is 2.71. The molecule has 0 aromatic heterocycles. The van der Waals surface area contributed by atoms with Crippen LogP contribution in [0.5, 0.6) is 23.0 Å². The molecule has 0 bridgehead atoms. The van der Waals surface area contributed by atoms with Gasteiger partial charge in [-0.2, -0.15) is 0 Å².